The van der Waals surface area contributed by atoms with E-state index in [9.17, 15) is 9.59 Å². The van der Waals surface area contributed by atoms with Gasteiger partial charge in [-0.05, 0) is 50.5 Å². The second-order valence-electron chi connectivity index (χ2n) is 6.33. The molecule has 1 aromatic rings. The molecular formula is C19H27NO4. The summed E-state index contributed by atoms with van der Waals surface area (Å²) < 4.78 is 10.5. The van der Waals surface area contributed by atoms with Gasteiger partial charge in [-0.1, -0.05) is 26.2 Å². The number of esters is 1. The van der Waals surface area contributed by atoms with Crippen molar-refractivity contribution in [3.05, 3.63) is 29.8 Å². The Hall–Kier alpha value is -2.04. The van der Waals surface area contributed by atoms with E-state index < -0.39 is 0 Å². The fourth-order valence-electron chi connectivity index (χ4n) is 2.70. The van der Waals surface area contributed by atoms with Crippen molar-refractivity contribution in [3.63, 3.8) is 0 Å². The summed E-state index contributed by atoms with van der Waals surface area (Å²) in [6.45, 7) is 3.67. The minimum atomic E-state index is -0.386. The Morgan fingerprint density at radius 3 is 2.46 bits per heavy atom. The molecule has 0 radical (unpaired) electrons. The summed E-state index contributed by atoms with van der Waals surface area (Å²) in [6.07, 6.45) is 6.42. The van der Waals surface area contributed by atoms with Crippen LogP contribution in [0.15, 0.2) is 24.3 Å². The highest BCUT2D eigenvalue weighted by Gasteiger charge is 2.16. The standard InChI is InChI=1S/C19H27NO4/c1-3-14(2)24-18(21)13-23-17-11-9-15(10-12-17)19(22)20-16-7-5-4-6-8-16/h9-12,14,16H,3-8,13H2,1-2H3,(H,20,22). The maximum atomic E-state index is 12.2. The molecule has 1 fully saturated rings. The van der Waals surface area contributed by atoms with Gasteiger partial charge in [0.1, 0.15) is 5.75 Å². The Bertz CT molecular complexity index is 535. The molecule has 1 unspecified atom stereocenters. The molecule has 0 bridgehead atoms. The van der Waals surface area contributed by atoms with Crippen LogP contribution in [0.1, 0.15) is 62.7 Å². The Balaban J connectivity index is 1.79. The van der Waals surface area contributed by atoms with Crippen LogP contribution in [-0.2, 0) is 9.53 Å². The van der Waals surface area contributed by atoms with Crippen molar-refractivity contribution in [2.75, 3.05) is 6.61 Å². The van der Waals surface area contributed by atoms with Gasteiger partial charge in [0.05, 0.1) is 6.10 Å². The molecule has 0 heterocycles. The zero-order chi connectivity index (χ0) is 17.4. The van der Waals surface area contributed by atoms with Gasteiger partial charge in [-0.15, -0.1) is 0 Å². The number of carbonyl (C=O) groups is 2. The minimum absolute atomic E-state index is 0.0513. The van der Waals surface area contributed by atoms with Gasteiger partial charge in [0.2, 0.25) is 0 Å². The monoisotopic (exact) mass is 333 g/mol. The molecule has 5 nitrogen and oxygen atoms in total. The van der Waals surface area contributed by atoms with Crippen LogP contribution in [0, 0.1) is 0 Å². The fraction of sp³-hybridized carbons (Fsp3) is 0.579. The van der Waals surface area contributed by atoms with E-state index in [0.29, 0.717) is 11.3 Å². The maximum absolute atomic E-state index is 12.2. The molecule has 1 amide bonds. The summed E-state index contributed by atoms with van der Waals surface area (Å²) >= 11 is 0. The number of carbonyl (C=O) groups excluding carboxylic acids is 2. The first-order valence-electron chi connectivity index (χ1n) is 8.81. The predicted octanol–water partition coefficient (Wildman–Crippen LogP) is 3.47. The third kappa shape index (κ3) is 5.87. The van der Waals surface area contributed by atoms with Crippen molar-refractivity contribution in [1.82, 2.24) is 5.32 Å². The van der Waals surface area contributed by atoms with Crippen LogP contribution in [-0.4, -0.2) is 30.6 Å². The maximum Gasteiger partial charge on any atom is 0.344 e. The number of ether oxygens (including phenoxy) is 2. The van der Waals surface area contributed by atoms with E-state index in [2.05, 4.69) is 5.32 Å². The van der Waals surface area contributed by atoms with Crippen LogP contribution < -0.4 is 10.1 Å². The van der Waals surface area contributed by atoms with E-state index in [1.54, 1.807) is 24.3 Å². The zero-order valence-electron chi connectivity index (χ0n) is 14.5. The van der Waals surface area contributed by atoms with Gasteiger partial charge in [0, 0.05) is 11.6 Å². The molecule has 1 atom stereocenters. The van der Waals surface area contributed by atoms with Crippen molar-refractivity contribution in [2.45, 2.75) is 64.5 Å². The average Bonchev–Trinajstić information content (AvgIpc) is 2.61. The third-order valence-electron chi connectivity index (χ3n) is 4.32. The molecule has 1 aliphatic carbocycles. The number of rotatable bonds is 7. The van der Waals surface area contributed by atoms with Gasteiger partial charge in [-0.2, -0.15) is 0 Å². The second-order valence-corrected chi connectivity index (χ2v) is 6.33. The van der Waals surface area contributed by atoms with Crippen LogP contribution in [0.2, 0.25) is 0 Å². The molecular weight excluding hydrogens is 306 g/mol. The normalized spacial score (nSPS) is 16.2. The van der Waals surface area contributed by atoms with E-state index in [1.165, 1.54) is 19.3 Å². The lowest BCUT2D eigenvalue weighted by Gasteiger charge is -2.22. The molecule has 1 aliphatic rings. The van der Waals surface area contributed by atoms with Gasteiger partial charge in [0.25, 0.3) is 5.91 Å². The van der Waals surface area contributed by atoms with Crippen LogP contribution >= 0.6 is 0 Å². The molecule has 132 valence electrons. The first kappa shape index (κ1) is 18.3. The summed E-state index contributed by atoms with van der Waals surface area (Å²) in [5, 5.41) is 3.08. The highest BCUT2D eigenvalue weighted by Crippen LogP contribution is 2.18. The van der Waals surface area contributed by atoms with Gasteiger partial charge in [-0.3, -0.25) is 4.79 Å². The minimum Gasteiger partial charge on any atom is -0.482 e. The predicted molar refractivity (Wildman–Crippen MR) is 92.1 cm³/mol. The van der Waals surface area contributed by atoms with Crippen molar-refractivity contribution in [1.29, 1.82) is 0 Å². The van der Waals surface area contributed by atoms with Crippen molar-refractivity contribution >= 4 is 11.9 Å². The summed E-state index contributed by atoms with van der Waals surface area (Å²) in [4.78, 5) is 23.8. The highest BCUT2D eigenvalue weighted by atomic mass is 16.6. The smallest absolute Gasteiger partial charge is 0.344 e. The molecule has 0 aromatic heterocycles. The molecule has 1 saturated carbocycles. The number of amides is 1. The zero-order valence-corrected chi connectivity index (χ0v) is 14.5. The van der Waals surface area contributed by atoms with Crippen LogP contribution in [0.5, 0.6) is 5.75 Å². The number of hydrogen-bond acceptors (Lipinski definition) is 4. The topological polar surface area (TPSA) is 64.6 Å². The molecule has 24 heavy (non-hydrogen) atoms. The van der Waals surface area contributed by atoms with Gasteiger partial charge in [0.15, 0.2) is 6.61 Å². The lowest BCUT2D eigenvalue weighted by Crippen LogP contribution is -2.36. The molecule has 1 N–H and O–H groups in total. The molecule has 0 saturated heterocycles. The lowest BCUT2D eigenvalue weighted by molar-refractivity contribution is -0.150. The van der Waals surface area contributed by atoms with E-state index >= 15 is 0 Å². The Morgan fingerprint density at radius 1 is 1.17 bits per heavy atom. The quantitative estimate of drug-likeness (QED) is 0.776. The highest BCUT2D eigenvalue weighted by molar-refractivity contribution is 5.94. The first-order valence-corrected chi connectivity index (χ1v) is 8.81. The Labute approximate surface area is 143 Å². The van der Waals surface area contributed by atoms with E-state index in [0.717, 1.165) is 19.3 Å². The van der Waals surface area contributed by atoms with Crippen LogP contribution in [0.4, 0.5) is 0 Å². The van der Waals surface area contributed by atoms with Crippen molar-refractivity contribution in [3.8, 4) is 5.75 Å². The van der Waals surface area contributed by atoms with Gasteiger partial charge < -0.3 is 14.8 Å². The number of nitrogens with one attached hydrogen (secondary N) is 1. The third-order valence-corrected chi connectivity index (χ3v) is 4.32. The second kappa shape index (κ2) is 9.30. The average molecular weight is 333 g/mol. The Morgan fingerprint density at radius 2 is 1.83 bits per heavy atom. The van der Waals surface area contributed by atoms with Gasteiger partial charge >= 0.3 is 5.97 Å². The Kier molecular flexibility index (Phi) is 7.09. The van der Waals surface area contributed by atoms with E-state index in [-0.39, 0.29) is 30.6 Å². The summed E-state index contributed by atoms with van der Waals surface area (Å²) in [6, 6.07) is 7.12. The van der Waals surface area contributed by atoms with Gasteiger partial charge in [-0.25, -0.2) is 4.79 Å². The van der Waals surface area contributed by atoms with E-state index in [4.69, 9.17) is 9.47 Å². The number of benzene rings is 1. The molecule has 2 rings (SSSR count). The number of hydrogen-bond donors (Lipinski definition) is 1. The summed E-state index contributed by atoms with van der Waals surface area (Å²) in [5.41, 5.74) is 0.607. The summed E-state index contributed by atoms with van der Waals surface area (Å²) in [7, 11) is 0. The van der Waals surface area contributed by atoms with Crippen molar-refractivity contribution in [2.24, 2.45) is 0 Å². The lowest BCUT2D eigenvalue weighted by atomic mass is 9.95. The fourth-order valence-corrected chi connectivity index (χ4v) is 2.70. The van der Waals surface area contributed by atoms with Crippen LogP contribution in [0.25, 0.3) is 0 Å². The van der Waals surface area contributed by atoms with Crippen molar-refractivity contribution < 1.29 is 19.1 Å². The molecule has 1 aromatic carbocycles. The molecule has 0 spiro atoms. The largest absolute Gasteiger partial charge is 0.482 e. The van der Waals surface area contributed by atoms with E-state index in [1.807, 2.05) is 13.8 Å². The summed E-state index contributed by atoms with van der Waals surface area (Å²) in [5.74, 6) is 0.110. The SMILES string of the molecule is CCC(C)OC(=O)COc1ccc(C(=O)NC2CCCCC2)cc1. The first-order chi connectivity index (χ1) is 11.6. The van der Waals surface area contributed by atoms with Crippen LogP contribution in [0.3, 0.4) is 0 Å². The molecule has 0 aliphatic heterocycles. The molecule has 5 heteroatoms.